The zero-order chi connectivity index (χ0) is 96.2. The average Bonchev–Trinajstić information content (AvgIpc) is 1.73. The third-order valence-electron chi connectivity index (χ3n) is 20.5. The normalized spacial score (nSPS) is 25.2. The number of carbonyl (C=O) groups excluding carboxylic acids is 12. The van der Waals surface area contributed by atoms with E-state index in [1.54, 1.807) is 13.8 Å². The second kappa shape index (κ2) is 59.8. The summed E-state index contributed by atoms with van der Waals surface area (Å²) in [4.78, 5) is 129. The molecule has 0 amide bonds. The molecule has 129 heavy (non-hydrogen) atoms. The van der Waals surface area contributed by atoms with Crippen LogP contribution < -0.4 is 0 Å². The molecule has 0 radical (unpaired) electrons. The van der Waals surface area contributed by atoms with Gasteiger partial charge in [-0.2, -0.15) is 0 Å². The Morgan fingerprint density at radius 1 is 0.419 bits per heavy atom. The van der Waals surface area contributed by atoms with Crippen molar-refractivity contribution in [3.63, 3.8) is 0 Å². The Balaban J connectivity index is 0.000000370. The molecule has 0 aromatic carbocycles. The molecule has 2 saturated carbocycles. The summed E-state index contributed by atoms with van der Waals surface area (Å²) in [5.74, 6) is -6.02. The van der Waals surface area contributed by atoms with Gasteiger partial charge >= 0.3 is 71.6 Å². The van der Waals surface area contributed by atoms with E-state index in [2.05, 4.69) is 93.8 Å². The first-order chi connectivity index (χ1) is 61.2. The first-order valence-corrected chi connectivity index (χ1v) is 43.2. The van der Waals surface area contributed by atoms with Crippen LogP contribution in [0.3, 0.4) is 0 Å². The first-order valence-electron chi connectivity index (χ1n) is 43.2. The van der Waals surface area contributed by atoms with E-state index in [0.29, 0.717) is 161 Å². The third-order valence-corrected chi connectivity index (χ3v) is 20.5. The maximum absolute atomic E-state index is 11.1. The minimum Gasteiger partial charge on any atom is -0.463 e. The molecule has 10 aliphatic heterocycles. The van der Waals surface area contributed by atoms with Crippen molar-refractivity contribution >= 4 is 71.6 Å². The van der Waals surface area contributed by atoms with Crippen LogP contribution >= 0.6 is 0 Å². The predicted octanol–water partition coefficient (Wildman–Crippen LogP) is 10.1. The van der Waals surface area contributed by atoms with Gasteiger partial charge in [0.05, 0.1) is 116 Å². The fourth-order valence-corrected chi connectivity index (χ4v) is 11.7. The molecule has 1 spiro atoms. The SMILES string of the molecule is C=C(C)C(=O)OC1CCOC1=O.C=C(C)C(=O)OCC1(CC)COC1.C=C(C)C(=O)OCC1COC(C)(C)O1.C=CC(=O)OC1CCOC1=O.C=CC(=O)OCC1(C)CO1.C=CC(=O)OCC1(CC)COC1.C=CC(=O)OCC1CCC2OC2C1.C=CC(=O)OCC1COC(C)(CC)O1.C=CC(=O)OCC1COC2(CCCCC2)O1.C=CC(=O)OCCCCOCC1CO1. The van der Waals surface area contributed by atoms with Crippen molar-refractivity contribution in [1.82, 2.24) is 0 Å². The molecule has 10 heterocycles. The lowest BCUT2D eigenvalue weighted by molar-refractivity contribution is -0.192. The van der Waals surface area contributed by atoms with Crippen LogP contribution in [-0.2, 0) is 171 Å². The molecule has 36 nitrogen and oxygen atoms in total. The Morgan fingerprint density at radius 2 is 0.860 bits per heavy atom. The van der Waals surface area contributed by atoms with Crippen molar-refractivity contribution in [3.8, 4) is 0 Å². The molecule has 12 rings (SSSR count). The Morgan fingerprint density at radius 3 is 1.29 bits per heavy atom. The zero-order valence-corrected chi connectivity index (χ0v) is 77.0. The van der Waals surface area contributed by atoms with E-state index in [1.165, 1.54) is 31.6 Å². The van der Waals surface area contributed by atoms with Crippen LogP contribution in [0.15, 0.2) is 125 Å². The van der Waals surface area contributed by atoms with E-state index in [1.807, 2.05) is 34.6 Å². The van der Waals surface area contributed by atoms with Crippen molar-refractivity contribution in [2.45, 2.75) is 237 Å². The molecular formula is C93H138O36. The minimum absolute atomic E-state index is 0.0745. The van der Waals surface area contributed by atoms with Gasteiger partial charge in [-0.1, -0.05) is 93.0 Å². The number of fused-ring (bicyclic) bond motifs is 1. The topological polar surface area (TPSA) is 436 Å². The summed E-state index contributed by atoms with van der Waals surface area (Å²) < 4.78 is 122. The lowest BCUT2D eigenvalue weighted by Crippen LogP contribution is -2.46. The van der Waals surface area contributed by atoms with Crippen LogP contribution in [-0.4, -0.2) is 282 Å². The fraction of sp³-hybridized carbons (Fsp3) is 0.656. The van der Waals surface area contributed by atoms with E-state index in [0.717, 1.165) is 108 Å². The zero-order valence-electron chi connectivity index (χ0n) is 77.0. The van der Waals surface area contributed by atoms with Crippen molar-refractivity contribution in [2.75, 3.05) is 139 Å². The Bertz CT molecular complexity index is 3670. The molecule has 0 bridgehead atoms. The van der Waals surface area contributed by atoms with E-state index < -0.39 is 71.5 Å². The van der Waals surface area contributed by atoms with Crippen LogP contribution in [0.2, 0.25) is 0 Å². The van der Waals surface area contributed by atoms with Gasteiger partial charge in [-0.3, -0.25) is 0 Å². The van der Waals surface area contributed by atoms with Gasteiger partial charge in [0, 0.05) is 91.5 Å². The summed E-state index contributed by atoms with van der Waals surface area (Å²) in [6.45, 7) is 62.5. The average molecular weight is 1830 g/mol. The van der Waals surface area contributed by atoms with E-state index >= 15 is 0 Å². The Labute approximate surface area is 757 Å². The van der Waals surface area contributed by atoms with Gasteiger partial charge in [0.15, 0.2) is 17.4 Å². The molecule has 12 fully saturated rings. The number of hydrogen-bond acceptors (Lipinski definition) is 36. The molecule has 726 valence electrons. The van der Waals surface area contributed by atoms with Crippen LogP contribution in [0.5, 0.6) is 0 Å². The summed E-state index contributed by atoms with van der Waals surface area (Å²) in [5.41, 5.74) is 1.08. The molecule has 11 atom stereocenters. The summed E-state index contributed by atoms with van der Waals surface area (Å²) in [6, 6.07) is 0. The van der Waals surface area contributed by atoms with Gasteiger partial charge in [0.1, 0.15) is 69.7 Å². The molecule has 11 unspecified atom stereocenters. The molecule has 0 aromatic heterocycles. The monoisotopic (exact) mass is 1830 g/mol. The highest BCUT2D eigenvalue weighted by Gasteiger charge is 2.46. The summed E-state index contributed by atoms with van der Waals surface area (Å²) in [6.07, 6.45) is 21.5. The number of cyclic esters (lactones) is 2. The maximum atomic E-state index is 11.1. The summed E-state index contributed by atoms with van der Waals surface area (Å²) in [5, 5.41) is 0. The molecule has 0 aromatic rings. The van der Waals surface area contributed by atoms with Gasteiger partial charge in [-0.25, -0.2) is 57.5 Å². The van der Waals surface area contributed by atoms with Crippen LogP contribution in [0.4, 0.5) is 0 Å². The van der Waals surface area contributed by atoms with Crippen molar-refractivity contribution in [2.24, 2.45) is 16.7 Å². The predicted molar refractivity (Wildman–Crippen MR) is 463 cm³/mol. The lowest BCUT2D eigenvalue weighted by Gasteiger charge is -2.39. The number of carbonyl (C=O) groups is 12. The largest absolute Gasteiger partial charge is 0.463 e. The standard InChI is InChI=1S/C12H18O4.3C10H16O4.C10H14O3.C10H16O3.C9H14O3.C8H10O4.C7H8O4.C7H10O3/c1-2-11(13)14-8-10-9-15-12(16-10)6-4-3-5-7-12;1-7(2)9(11)12-5-8-6-13-10(3,4)14-8;1-4-9(11)12-6-8-7-13-10(3,5-2)14-8;1-2-10(11)13-6-4-3-5-12-7-9-8-14-9;1-2-10(11)12-6-7-3-4-8-9(5-7)13-8;1-4-10(5-12-6-10)7-13-9(11)8(2)3;1-3-8(10)12-7-9(4-2)5-11-6-9;1-5(2)7(9)12-6-3-4-11-8(6)10;1-2-6(8)11-5-3-4-10-7(5)9;1-3-6(8)9-4-7(2)5-10-7/h2,10H,1,3-9H2;8H,1,5-6H2,2-4H3;4,8H,1,5-7H2,2-3H3;2,9H,1,3-8H2;2,7-9H,1,3-6H2;2,4-7H2,1,3H3;3H,1,4-7H2,2H3;6H,1,3-4H2,2H3;2,5H,1,3-4H2;3H,1,4-5H2,2H3. The van der Waals surface area contributed by atoms with E-state index in [9.17, 15) is 57.5 Å². The van der Waals surface area contributed by atoms with Gasteiger partial charge in [0.2, 0.25) is 12.2 Å². The fourth-order valence-electron chi connectivity index (χ4n) is 11.7. The molecule has 0 N–H and O–H groups in total. The van der Waals surface area contributed by atoms with E-state index in [4.69, 9.17) is 99.5 Å². The van der Waals surface area contributed by atoms with Crippen molar-refractivity contribution in [1.29, 1.82) is 0 Å². The highest BCUT2D eigenvalue weighted by atomic mass is 16.8. The molecule has 2 aliphatic carbocycles. The van der Waals surface area contributed by atoms with Gasteiger partial charge < -0.3 is 114 Å². The highest BCUT2D eigenvalue weighted by Crippen LogP contribution is 2.41. The Hall–Kier alpha value is -9.44. The second-order valence-electron chi connectivity index (χ2n) is 32.5. The van der Waals surface area contributed by atoms with Crippen LogP contribution in [0.1, 0.15) is 166 Å². The van der Waals surface area contributed by atoms with Gasteiger partial charge in [-0.15, -0.1) is 0 Å². The highest BCUT2D eigenvalue weighted by molar-refractivity contribution is 5.90. The lowest BCUT2D eigenvalue weighted by atomic mass is 9.84. The van der Waals surface area contributed by atoms with Crippen molar-refractivity contribution in [3.05, 3.63) is 125 Å². The quantitative estimate of drug-likeness (QED) is 0.0185. The molecule has 12 aliphatic rings. The van der Waals surface area contributed by atoms with Gasteiger partial charge in [0.25, 0.3) is 0 Å². The number of ether oxygens (including phenoxy) is 24. The number of rotatable bonds is 36. The molecular weight excluding hydrogens is 1690 g/mol. The summed E-state index contributed by atoms with van der Waals surface area (Å²) in [7, 11) is 0. The maximum Gasteiger partial charge on any atom is 0.347 e. The first kappa shape index (κ1) is 114. The molecule has 36 heteroatoms. The third kappa shape index (κ3) is 47.8. The Kier molecular flexibility index (Phi) is 52.7. The molecule has 10 saturated heterocycles. The van der Waals surface area contributed by atoms with E-state index in [-0.39, 0.29) is 89.8 Å². The van der Waals surface area contributed by atoms with Crippen molar-refractivity contribution < 1.29 is 171 Å². The number of hydrogen-bond donors (Lipinski definition) is 0. The number of epoxide rings is 3. The second-order valence-corrected chi connectivity index (χ2v) is 32.5. The number of unbranched alkanes of at least 4 members (excludes halogenated alkanes) is 1. The minimum atomic E-state index is -0.728. The van der Waals surface area contributed by atoms with Crippen LogP contribution in [0.25, 0.3) is 0 Å². The smallest absolute Gasteiger partial charge is 0.347 e. The van der Waals surface area contributed by atoms with Gasteiger partial charge in [-0.05, 0) is 119 Å². The summed E-state index contributed by atoms with van der Waals surface area (Å²) >= 11 is 0. The number of esters is 12. The van der Waals surface area contributed by atoms with Crippen LogP contribution in [0, 0.1) is 16.7 Å².